The highest BCUT2D eigenvalue weighted by Gasteiger charge is 2.44. The molecular weight excluding hydrogens is 372 g/mol. The van der Waals surface area contributed by atoms with E-state index in [4.69, 9.17) is 4.74 Å². The lowest BCUT2D eigenvalue weighted by Crippen LogP contribution is -2.52. The number of carbonyl (C=O) groups is 1. The molecule has 0 radical (unpaired) electrons. The van der Waals surface area contributed by atoms with Crippen molar-refractivity contribution in [3.63, 3.8) is 0 Å². The summed E-state index contributed by atoms with van der Waals surface area (Å²) in [6.45, 7) is 1.50. The molecule has 3 aromatic rings. The number of nitrogens with one attached hydrogen (secondary N) is 1. The highest BCUT2D eigenvalue weighted by Crippen LogP contribution is 2.37. The molecule has 146 valence electrons. The first-order valence-corrected chi connectivity index (χ1v) is 8.87. The molecule has 1 unspecified atom stereocenters. The van der Waals surface area contributed by atoms with Gasteiger partial charge in [-0.3, -0.25) is 4.79 Å². The number of aromatic nitrogens is 3. The zero-order valence-electron chi connectivity index (χ0n) is 15.8. The molecule has 0 amide bonds. The van der Waals surface area contributed by atoms with E-state index in [0.717, 1.165) is 5.56 Å². The van der Waals surface area contributed by atoms with E-state index in [1.54, 1.807) is 49.6 Å². The molecule has 0 bridgehead atoms. The highest BCUT2D eigenvalue weighted by molar-refractivity contribution is 5.90. The first-order chi connectivity index (χ1) is 13.9. The van der Waals surface area contributed by atoms with Crippen LogP contribution in [-0.2, 0) is 10.5 Å². The number of aryl methyl sites for hydroxylation is 1. The molecule has 1 atom stereocenters. The first kappa shape index (κ1) is 18.4. The van der Waals surface area contributed by atoms with E-state index in [-0.39, 0.29) is 11.5 Å². The van der Waals surface area contributed by atoms with E-state index in [0.29, 0.717) is 17.0 Å². The van der Waals surface area contributed by atoms with Crippen molar-refractivity contribution in [2.75, 3.05) is 12.4 Å². The molecule has 29 heavy (non-hydrogen) atoms. The van der Waals surface area contributed by atoms with E-state index in [1.165, 1.54) is 17.7 Å². The number of ether oxygens (including phenoxy) is 1. The van der Waals surface area contributed by atoms with Crippen LogP contribution in [0.4, 0.5) is 5.69 Å². The Bertz CT molecular complexity index is 1180. The summed E-state index contributed by atoms with van der Waals surface area (Å²) in [5.41, 5.74) is -0.211. The SMILES string of the molecule is COc1ccc(/C=C/C2(C(=O)O)Nc3ccccc3-c3nc(=O)c(C)nn32)cc1. The van der Waals surface area contributed by atoms with E-state index in [1.807, 2.05) is 12.1 Å². The van der Waals surface area contributed by atoms with Crippen molar-refractivity contribution in [3.8, 4) is 17.1 Å². The van der Waals surface area contributed by atoms with Gasteiger partial charge < -0.3 is 15.2 Å². The minimum absolute atomic E-state index is 0.110. The van der Waals surface area contributed by atoms with Gasteiger partial charge in [0.25, 0.3) is 11.2 Å². The summed E-state index contributed by atoms with van der Waals surface area (Å²) in [5.74, 6) is -0.295. The van der Waals surface area contributed by atoms with Crippen LogP contribution in [0.3, 0.4) is 0 Å². The lowest BCUT2D eigenvalue weighted by Gasteiger charge is -2.36. The third-order valence-electron chi connectivity index (χ3n) is 4.75. The second kappa shape index (κ2) is 6.90. The second-order valence-electron chi connectivity index (χ2n) is 6.59. The quantitative estimate of drug-likeness (QED) is 0.705. The predicted octanol–water partition coefficient (Wildman–Crippen LogP) is 2.50. The summed E-state index contributed by atoms with van der Waals surface area (Å²) in [6, 6.07) is 14.3. The lowest BCUT2D eigenvalue weighted by atomic mass is 10.0. The average Bonchev–Trinajstić information content (AvgIpc) is 2.73. The minimum atomic E-state index is -1.75. The standard InChI is InChI=1S/C21H18N4O4/c1-13-19(26)22-18-16-5-3-4-6-17(16)23-21(20(27)28,25(18)24-13)12-11-14-7-9-15(29-2)10-8-14/h3-12,23H,1-2H3,(H,27,28)/b12-11+. The molecule has 1 aromatic heterocycles. The number of benzene rings is 2. The minimum Gasteiger partial charge on any atom is -0.497 e. The Morgan fingerprint density at radius 1 is 1.21 bits per heavy atom. The number of carboxylic acid groups (broad SMARTS) is 1. The van der Waals surface area contributed by atoms with Gasteiger partial charge in [0.05, 0.1) is 7.11 Å². The van der Waals surface area contributed by atoms with E-state index < -0.39 is 17.2 Å². The third kappa shape index (κ3) is 3.04. The van der Waals surface area contributed by atoms with Crippen LogP contribution < -0.4 is 15.6 Å². The number of hydrogen-bond acceptors (Lipinski definition) is 6. The van der Waals surface area contributed by atoms with E-state index in [9.17, 15) is 14.7 Å². The fourth-order valence-corrected chi connectivity index (χ4v) is 3.19. The maximum Gasteiger partial charge on any atom is 0.356 e. The van der Waals surface area contributed by atoms with Gasteiger partial charge in [-0.1, -0.05) is 30.3 Å². The molecule has 4 rings (SSSR count). The summed E-state index contributed by atoms with van der Waals surface area (Å²) in [6.07, 6.45) is 3.17. The van der Waals surface area contributed by atoms with Crippen molar-refractivity contribution in [2.24, 2.45) is 0 Å². The van der Waals surface area contributed by atoms with Gasteiger partial charge in [0.1, 0.15) is 11.4 Å². The van der Waals surface area contributed by atoms with Gasteiger partial charge in [0.2, 0.25) is 0 Å². The molecular formula is C21H18N4O4. The lowest BCUT2D eigenvalue weighted by molar-refractivity contribution is -0.144. The monoisotopic (exact) mass is 390 g/mol. The first-order valence-electron chi connectivity index (χ1n) is 8.87. The molecule has 0 spiro atoms. The molecule has 0 saturated heterocycles. The molecule has 1 aliphatic rings. The van der Waals surface area contributed by atoms with Crippen molar-refractivity contribution in [2.45, 2.75) is 12.6 Å². The molecule has 0 aliphatic carbocycles. The number of nitrogens with zero attached hydrogens (tertiary/aromatic N) is 3. The Balaban J connectivity index is 1.91. The predicted molar refractivity (Wildman–Crippen MR) is 108 cm³/mol. The topological polar surface area (TPSA) is 106 Å². The van der Waals surface area contributed by atoms with Crippen LogP contribution in [0.25, 0.3) is 17.5 Å². The Labute approximate surface area is 166 Å². The largest absolute Gasteiger partial charge is 0.497 e. The summed E-state index contributed by atoms with van der Waals surface area (Å²) in [7, 11) is 1.58. The van der Waals surface area contributed by atoms with E-state index in [2.05, 4.69) is 15.4 Å². The molecule has 0 fully saturated rings. The Morgan fingerprint density at radius 2 is 1.93 bits per heavy atom. The summed E-state index contributed by atoms with van der Waals surface area (Å²) in [5, 5.41) is 17.5. The number of anilines is 1. The number of carboxylic acids is 1. The molecule has 8 heteroatoms. The molecule has 8 nitrogen and oxygen atoms in total. The highest BCUT2D eigenvalue weighted by atomic mass is 16.5. The number of hydrogen-bond donors (Lipinski definition) is 2. The summed E-state index contributed by atoms with van der Waals surface area (Å²) >= 11 is 0. The van der Waals surface area contributed by atoms with Gasteiger partial charge in [-0.25, -0.2) is 9.48 Å². The van der Waals surface area contributed by atoms with Crippen molar-refractivity contribution in [1.29, 1.82) is 0 Å². The van der Waals surface area contributed by atoms with Gasteiger partial charge in [-0.2, -0.15) is 10.1 Å². The number of rotatable bonds is 4. The van der Waals surface area contributed by atoms with Crippen LogP contribution in [0.15, 0.2) is 59.4 Å². The van der Waals surface area contributed by atoms with Crippen LogP contribution >= 0.6 is 0 Å². The number of para-hydroxylation sites is 1. The Morgan fingerprint density at radius 3 is 2.62 bits per heavy atom. The zero-order chi connectivity index (χ0) is 20.6. The van der Waals surface area contributed by atoms with Gasteiger partial charge in [-0.05, 0) is 42.8 Å². The summed E-state index contributed by atoms with van der Waals surface area (Å²) < 4.78 is 6.39. The fourth-order valence-electron chi connectivity index (χ4n) is 3.19. The van der Waals surface area contributed by atoms with Gasteiger partial charge in [0.15, 0.2) is 5.82 Å². The Kier molecular flexibility index (Phi) is 4.38. The fraction of sp³-hybridized carbons (Fsp3) is 0.143. The van der Waals surface area contributed by atoms with Gasteiger partial charge in [0, 0.05) is 11.3 Å². The van der Waals surface area contributed by atoms with Gasteiger partial charge >= 0.3 is 5.97 Å². The number of aliphatic carboxylic acids is 1. The van der Waals surface area contributed by atoms with Crippen molar-refractivity contribution in [3.05, 3.63) is 76.2 Å². The Hall–Kier alpha value is -3.94. The van der Waals surface area contributed by atoms with Crippen LogP contribution in [0.5, 0.6) is 5.75 Å². The van der Waals surface area contributed by atoms with Crippen LogP contribution in [0, 0.1) is 6.92 Å². The molecule has 2 N–H and O–H groups in total. The average molecular weight is 390 g/mol. The van der Waals surface area contributed by atoms with Gasteiger partial charge in [-0.15, -0.1) is 0 Å². The molecule has 2 heterocycles. The van der Waals surface area contributed by atoms with Crippen molar-refractivity contribution < 1.29 is 14.6 Å². The summed E-state index contributed by atoms with van der Waals surface area (Å²) in [4.78, 5) is 28.7. The normalized spacial score (nSPS) is 17.3. The molecule has 1 aliphatic heterocycles. The third-order valence-corrected chi connectivity index (χ3v) is 4.75. The van der Waals surface area contributed by atoms with Crippen molar-refractivity contribution >= 4 is 17.7 Å². The zero-order valence-corrected chi connectivity index (χ0v) is 15.8. The van der Waals surface area contributed by atoms with Crippen molar-refractivity contribution in [1.82, 2.24) is 14.8 Å². The maximum absolute atomic E-state index is 12.5. The molecule has 0 saturated carbocycles. The van der Waals surface area contributed by atoms with Crippen LogP contribution in [0.2, 0.25) is 0 Å². The smallest absolute Gasteiger partial charge is 0.356 e. The van der Waals surface area contributed by atoms with Crippen LogP contribution in [-0.4, -0.2) is 33.0 Å². The van der Waals surface area contributed by atoms with Crippen LogP contribution in [0.1, 0.15) is 11.3 Å². The number of fused-ring (bicyclic) bond motifs is 3. The maximum atomic E-state index is 12.5. The number of methoxy groups -OCH3 is 1. The second-order valence-corrected chi connectivity index (χ2v) is 6.59. The van der Waals surface area contributed by atoms with E-state index >= 15 is 0 Å². The molecule has 2 aromatic carbocycles.